The van der Waals surface area contributed by atoms with Crippen LogP contribution in [0.25, 0.3) is 22.7 Å². The fraction of sp³-hybridized carbons (Fsp3) is 0.143. The lowest BCUT2D eigenvalue weighted by Gasteiger charge is -2.03. The number of pyridine rings is 1. The number of nitrogens with zero attached hydrogens (tertiary/aromatic N) is 2. The average Bonchev–Trinajstić information content (AvgIpc) is 2.75. The molecule has 0 fully saturated rings. The first-order valence-corrected chi connectivity index (χ1v) is 5.75. The number of oxazole rings is 1. The van der Waals surface area contributed by atoms with E-state index in [9.17, 15) is 0 Å². The van der Waals surface area contributed by atoms with Crippen LogP contribution in [-0.2, 0) is 0 Å². The first-order valence-electron chi connectivity index (χ1n) is 5.75. The summed E-state index contributed by atoms with van der Waals surface area (Å²) in [5.41, 5.74) is 10.8. The van der Waals surface area contributed by atoms with Gasteiger partial charge in [0.1, 0.15) is 0 Å². The molecular formula is C14H13N3O. The summed E-state index contributed by atoms with van der Waals surface area (Å²) in [7, 11) is 0. The molecule has 0 bridgehead atoms. The van der Waals surface area contributed by atoms with Gasteiger partial charge in [0.25, 0.3) is 0 Å². The van der Waals surface area contributed by atoms with Crippen molar-refractivity contribution < 1.29 is 4.42 Å². The second kappa shape index (κ2) is 3.84. The quantitative estimate of drug-likeness (QED) is 0.663. The Balaban J connectivity index is 2.22. The number of hydrogen-bond donors (Lipinski definition) is 1. The van der Waals surface area contributed by atoms with E-state index in [2.05, 4.69) is 9.97 Å². The fourth-order valence-corrected chi connectivity index (χ4v) is 1.91. The van der Waals surface area contributed by atoms with Crippen molar-refractivity contribution in [1.82, 2.24) is 9.97 Å². The van der Waals surface area contributed by atoms with Crippen molar-refractivity contribution in [3.63, 3.8) is 0 Å². The summed E-state index contributed by atoms with van der Waals surface area (Å²) in [5.74, 6) is 0.563. The number of hydrogen-bond acceptors (Lipinski definition) is 4. The predicted octanol–water partition coefficient (Wildman–Crippen LogP) is 3.09. The monoisotopic (exact) mass is 239 g/mol. The largest absolute Gasteiger partial charge is 0.434 e. The Morgan fingerprint density at radius 1 is 1.06 bits per heavy atom. The maximum Gasteiger partial charge on any atom is 0.229 e. The third-order valence-electron chi connectivity index (χ3n) is 3.00. The normalized spacial score (nSPS) is 11.0. The second-order valence-electron chi connectivity index (χ2n) is 4.31. The highest BCUT2D eigenvalue weighted by atomic mass is 16.3. The van der Waals surface area contributed by atoms with Crippen LogP contribution >= 0.6 is 0 Å². The van der Waals surface area contributed by atoms with Crippen LogP contribution in [0.4, 0.5) is 5.69 Å². The maximum atomic E-state index is 5.89. The van der Waals surface area contributed by atoms with Gasteiger partial charge in [-0.15, -0.1) is 0 Å². The maximum absolute atomic E-state index is 5.89. The van der Waals surface area contributed by atoms with Gasteiger partial charge in [-0.05, 0) is 43.7 Å². The number of aryl methyl sites for hydroxylation is 1. The van der Waals surface area contributed by atoms with Crippen molar-refractivity contribution in [2.24, 2.45) is 0 Å². The van der Waals surface area contributed by atoms with E-state index < -0.39 is 0 Å². The van der Waals surface area contributed by atoms with Crippen LogP contribution in [0.2, 0.25) is 0 Å². The van der Waals surface area contributed by atoms with Gasteiger partial charge in [0.05, 0.1) is 0 Å². The minimum atomic E-state index is 0.563. The molecule has 0 unspecified atom stereocenters. The number of fused-ring (bicyclic) bond motifs is 1. The lowest BCUT2D eigenvalue weighted by Crippen LogP contribution is -1.91. The highest BCUT2D eigenvalue weighted by Gasteiger charge is 2.12. The van der Waals surface area contributed by atoms with Crippen LogP contribution in [-0.4, -0.2) is 9.97 Å². The minimum absolute atomic E-state index is 0.563. The highest BCUT2D eigenvalue weighted by molar-refractivity contribution is 5.75. The molecule has 3 rings (SSSR count). The van der Waals surface area contributed by atoms with E-state index in [0.29, 0.717) is 17.1 Å². The Kier molecular flexibility index (Phi) is 2.30. The smallest absolute Gasteiger partial charge is 0.229 e. The third kappa shape index (κ3) is 1.62. The third-order valence-corrected chi connectivity index (χ3v) is 3.00. The Morgan fingerprint density at radius 3 is 2.72 bits per heavy atom. The van der Waals surface area contributed by atoms with Crippen molar-refractivity contribution in [2.45, 2.75) is 13.8 Å². The summed E-state index contributed by atoms with van der Waals surface area (Å²) >= 11 is 0. The molecule has 18 heavy (non-hydrogen) atoms. The van der Waals surface area contributed by atoms with Crippen molar-refractivity contribution in [1.29, 1.82) is 0 Å². The minimum Gasteiger partial charge on any atom is -0.434 e. The Morgan fingerprint density at radius 2 is 1.89 bits per heavy atom. The van der Waals surface area contributed by atoms with Gasteiger partial charge in [-0.3, -0.25) is 0 Å². The van der Waals surface area contributed by atoms with E-state index in [0.717, 1.165) is 22.5 Å². The summed E-state index contributed by atoms with van der Waals surface area (Å²) in [4.78, 5) is 8.75. The van der Waals surface area contributed by atoms with Gasteiger partial charge in [0.15, 0.2) is 11.2 Å². The predicted molar refractivity (Wildman–Crippen MR) is 71.1 cm³/mol. The molecule has 90 valence electrons. The summed E-state index contributed by atoms with van der Waals surface area (Å²) in [6.45, 7) is 3.89. The number of nitrogens with two attached hydrogens (primary N) is 1. The van der Waals surface area contributed by atoms with Gasteiger partial charge in [-0.1, -0.05) is 6.07 Å². The molecule has 0 aliphatic carbocycles. The molecule has 0 spiro atoms. The molecule has 0 aliphatic heterocycles. The van der Waals surface area contributed by atoms with Crippen LogP contribution in [0.15, 0.2) is 34.7 Å². The molecule has 0 radical (unpaired) electrons. The first kappa shape index (κ1) is 10.8. The van der Waals surface area contributed by atoms with Gasteiger partial charge >= 0.3 is 0 Å². The van der Waals surface area contributed by atoms with E-state index in [1.54, 1.807) is 0 Å². The van der Waals surface area contributed by atoms with Crippen molar-refractivity contribution >= 4 is 16.9 Å². The summed E-state index contributed by atoms with van der Waals surface area (Å²) in [6.07, 6.45) is 0. The van der Waals surface area contributed by atoms with E-state index >= 15 is 0 Å². The van der Waals surface area contributed by atoms with Crippen LogP contribution in [0.3, 0.4) is 0 Å². The van der Waals surface area contributed by atoms with Crippen LogP contribution < -0.4 is 5.73 Å². The Labute approximate surface area is 104 Å². The van der Waals surface area contributed by atoms with Gasteiger partial charge in [-0.2, -0.15) is 4.98 Å². The lowest BCUT2D eigenvalue weighted by molar-refractivity contribution is 0.619. The molecule has 3 aromatic rings. The fourth-order valence-electron chi connectivity index (χ4n) is 1.91. The van der Waals surface area contributed by atoms with E-state index in [-0.39, 0.29) is 0 Å². The number of nitrogen functional groups attached to an aromatic ring is 1. The molecule has 0 amide bonds. The van der Waals surface area contributed by atoms with Crippen LogP contribution in [0.1, 0.15) is 11.3 Å². The molecule has 1 aromatic carbocycles. The van der Waals surface area contributed by atoms with Crippen molar-refractivity contribution in [3.05, 3.63) is 41.6 Å². The van der Waals surface area contributed by atoms with Crippen LogP contribution in [0, 0.1) is 13.8 Å². The number of anilines is 1. The molecule has 0 saturated carbocycles. The molecular weight excluding hydrogens is 226 g/mol. The van der Waals surface area contributed by atoms with Crippen molar-refractivity contribution in [2.75, 3.05) is 5.73 Å². The molecule has 0 saturated heterocycles. The molecule has 0 aliphatic rings. The second-order valence-corrected chi connectivity index (χ2v) is 4.31. The van der Waals surface area contributed by atoms with Gasteiger partial charge in [0, 0.05) is 16.9 Å². The topological polar surface area (TPSA) is 64.9 Å². The van der Waals surface area contributed by atoms with Gasteiger partial charge < -0.3 is 10.2 Å². The Hall–Kier alpha value is -2.36. The van der Waals surface area contributed by atoms with Crippen molar-refractivity contribution in [3.8, 4) is 11.5 Å². The summed E-state index contributed by atoms with van der Waals surface area (Å²) in [5, 5.41) is 0. The Bertz CT molecular complexity index is 731. The highest BCUT2D eigenvalue weighted by Crippen LogP contribution is 2.28. The number of rotatable bonds is 1. The molecule has 2 N–H and O–H groups in total. The van der Waals surface area contributed by atoms with Gasteiger partial charge in [-0.25, -0.2) is 4.98 Å². The number of aromatic nitrogens is 2. The SMILES string of the molecule is Cc1ccc2oc(-c3cccc(N)c3C)nc2n1. The van der Waals surface area contributed by atoms with Crippen LogP contribution in [0.5, 0.6) is 0 Å². The van der Waals surface area contributed by atoms with E-state index in [4.69, 9.17) is 10.2 Å². The molecule has 4 nitrogen and oxygen atoms in total. The zero-order valence-corrected chi connectivity index (χ0v) is 10.3. The molecule has 2 aromatic heterocycles. The molecule has 0 atom stereocenters. The zero-order valence-electron chi connectivity index (χ0n) is 10.3. The molecule has 2 heterocycles. The van der Waals surface area contributed by atoms with E-state index in [1.807, 2.05) is 44.2 Å². The zero-order chi connectivity index (χ0) is 12.7. The lowest BCUT2D eigenvalue weighted by atomic mass is 10.1. The summed E-state index contributed by atoms with van der Waals surface area (Å²) < 4.78 is 5.72. The first-order chi connectivity index (χ1) is 8.65. The van der Waals surface area contributed by atoms with E-state index in [1.165, 1.54) is 0 Å². The standard InChI is InChI=1S/C14H13N3O/c1-8-6-7-12-13(16-8)17-14(18-12)10-4-3-5-11(15)9(10)2/h3-7H,15H2,1-2H3. The molecule has 4 heteroatoms. The average molecular weight is 239 g/mol. The van der Waals surface area contributed by atoms with Gasteiger partial charge in [0.2, 0.25) is 5.89 Å². The number of benzene rings is 1. The summed E-state index contributed by atoms with van der Waals surface area (Å²) in [6, 6.07) is 9.50.